The van der Waals surface area contributed by atoms with Gasteiger partial charge in [0, 0.05) is 13.1 Å². The first-order valence-corrected chi connectivity index (χ1v) is 6.15. The number of benzene rings is 1. The Morgan fingerprint density at radius 3 is 2.37 bits per heavy atom. The highest BCUT2D eigenvalue weighted by Gasteiger charge is 2.22. The molecule has 0 bridgehead atoms. The normalized spacial score (nSPS) is 10.3. The number of nitro groups is 1. The Morgan fingerprint density at radius 1 is 1.21 bits per heavy atom. The molecule has 0 unspecified atom stereocenters. The zero-order valence-electron chi connectivity index (χ0n) is 10.8. The fourth-order valence-corrected chi connectivity index (χ4v) is 1.83. The molecule has 0 amide bonds. The maximum absolute atomic E-state index is 11.2. The van der Waals surface area contributed by atoms with Gasteiger partial charge in [-0.1, -0.05) is 13.0 Å². The number of aryl methyl sites for hydroxylation is 1. The van der Waals surface area contributed by atoms with Crippen molar-refractivity contribution in [2.24, 2.45) is 0 Å². The number of nitro benzene ring substituents is 1. The van der Waals surface area contributed by atoms with Crippen LogP contribution in [0.2, 0.25) is 0 Å². The van der Waals surface area contributed by atoms with Crippen molar-refractivity contribution < 1.29 is 15.1 Å². The van der Waals surface area contributed by atoms with E-state index in [0.29, 0.717) is 17.8 Å². The summed E-state index contributed by atoms with van der Waals surface area (Å²) in [6.45, 7) is 2.19. The lowest BCUT2D eigenvalue weighted by molar-refractivity contribution is -0.383. The average Bonchev–Trinajstić information content (AvgIpc) is 2.41. The predicted molar refractivity (Wildman–Crippen MR) is 73.6 cm³/mol. The lowest BCUT2D eigenvalue weighted by Gasteiger charge is -2.14. The van der Waals surface area contributed by atoms with E-state index < -0.39 is 4.92 Å². The van der Waals surface area contributed by atoms with E-state index in [-0.39, 0.29) is 32.0 Å². The smallest absolute Gasteiger partial charge is 0.315 e. The first kappa shape index (κ1) is 15.2. The molecule has 1 aromatic carbocycles. The van der Waals surface area contributed by atoms with Crippen LogP contribution in [-0.4, -0.2) is 41.4 Å². The molecule has 19 heavy (non-hydrogen) atoms. The molecule has 0 radical (unpaired) electrons. The molecule has 0 aliphatic heterocycles. The van der Waals surface area contributed by atoms with Crippen LogP contribution in [0.15, 0.2) is 12.1 Å². The fraction of sp³-hybridized carbons (Fsp3) is 0.500. The maximum Gasteiger partial charge on any atom is 0.315 e. The Bertz CT molecular complexity index is 437. The molecule has 1 aromatic rings. The van der Waals surface area contributed by atoms with Crippen molar-refractivity contribution in [3.05, 3.63) is 27.8 Å². The topological polar surface area (TPSA) is 108 Å². The third-order valence-corrected chi connectivity index (χ3v) is 2.67. The Labute approximate surface area is 111 Å². The molecule has 0 fully saturated rings. The van der Waals surface area contributed by atoms with Crippen molar-refractivity contribution in [1.29, 1.82) is 0 Å². The van der Waals surface area contributed by atoms with Crippen LogP contribution in [0.5, 0.6) is 0 Å². The molecule has 106 valence electrons. The van der Waals surface area contributed by atoms with Gasteiger partial charge >= 0.3 is 5.69 Å². The summed E-state index contributed by atoms with van der Waals surface area (Å²) < 4.78 is 0. The van der Waals surface area contributed by atoms with Gasteiger partial charge in [0.15, 0.2) is 0 Å². The number of nitrogens with one attached hydrogen (secondary N) is 2. The van der Waals surface area contributed by atoms with E-state index in [0.717, 1.165) is 5.56 Å². The van der Waals surface area contributed by atoms with Gasteiger partial charge in [-0.05, 0) is 18.1 Å². The number of hydrogen-bond donors (Lipinski definition) is 4. The van der Waals surface area contributed by atoms with Crippen LogP contribution in [0.4, 0.5) is 17.1 Å². The summed E-state index contributed by atoms with van der Waals surface area (Å²) in [6.07, 6.45) is 0.648. The highest BCUT2D eigenvalue weighted by Crippen LogP contribution is 2.36. The number of aliphatic hydroxyl groups excluding tert-OH is 2. The summed E-state index contributed by atoms with van der Waals surface area (Å²) in [5, 5.41) is 34.6. The Kier molecular flexibility index (Phi) is 6.04. The standard InChI is InChI=1S/C12H19N3O4/c1-2-9-3-4-10(13-5-7-16)12(15(18)19)11(9)14-6-8-17/h3-4,13-14,16-17H,2,5-8H2,1H3. The van der Waals surface area contributed by atoms with Crippen molar-refractivity contribution in [3.63, 3.8) is 0 Å². The second kappa shape index (κ2) is 7.55. The van der Waals surface area contributed by atoms with E-state index >= 15 is 0 Å². The number of aliphatic hydroxyl groups is 2. The third-order valence-electron chi connectivity index (χ3n) is 2.67. The molecule has 0 aromatic heterocycles. The van der Waals surface area contributed by atoms with Crippen molar-refractivity contribution >= 4 is 17.1 Å². The van der Waals surface area contributed by atoms with E-state index in [4.69, 9.17) is 10.2 Å². The van der Waals surface area contributed by atoms with Crippen molar-refractivity contribution in [2.45, 2.75) is 13.3 Å². The van der Waals surface area contributed by atoms with Gasteiger partial charge in [0.1, 0.15) is 11.4 Å². The second-order valence-corrected chi connectivity index (χ2v) is 3.91. The molecule has 4 N–H and O–H groups in total. The molecule has 7 heteroatoms. The molecule has 7 nitrogen and oxygen atoms in total. The second-order valence-electron chi connectivity index (χ2n) is 3.91. The Balaban J connectivity index is 3.22. The lowest BCUT2D eigenvalue weighted by Crippen LogP contribution is -2.13. The van der Waals surface area contributed by atoms with Crippen LogP contribution in [-0.2, 0) is 6.42 Å². The summed E-state index contributed by atoms with van der Waals surface area (Å²) in [4.78, 5) is 10.8. The highest BCUT2D eigenvalue weighted by molar-refractivity contribution is 5.79. The first-order chi connectivity index (χ1) is 9.15. The van der Waals surface area contributed by atoms with Crippen molar-refractivity contribution in [1.82, 2.24) is 0 Å². The van der Waals surface area contributed by atoms with Gasteiger partial charge in [-0.15, -0.1) is 0 Å². The quantitative estimate of drug-likeness (QED) is 0.413. The monoisotopic (exact) mass is 269 g/mol. The Hall–Kier alpha value is -1.86. The van der Waals surface area contributed by atoms with Gasteiger partial charge in [-0.3, -0.25) is 10.1 Å². The van der Waals surface area contributed by atoms with E-state index in [2.05, 4.69) is 10.6 Å². The summed E-state index contributed by atoms with van der Waals surface area (Å²) in [6, 6.07) is 3.43. The van der Waals surface area contributed by atoms with Crippen molar-refractivity contribution in [2.75, 3.05) is 36.9 Å². The third kappa shape index (κ3) is 3.80. The Morgan fingerprint density at radius 2 is 1.84 bits per heavy atom. The summed E-state index contributed by atoms with van der Waals surface area (Å²) in [5.74, 6) is 0. The van der Waals surface area contributed by atoms with Gasteiger partial charge in [-0.2, -0.15) is 0 Å². The lowest BCUT2D eigenvalue weighted by atomic mass is 10.1. The zero-order chi connectivity index (χ0) is 14.3. The van der Waals surface area contributed by atoms with Crippen LogP contribution >= 0.6 is 0 Å². The first-order valence-electron chi connectivity index (χ1n) is 6.15. The van der Waals surface area contributed by atoms with Gasteiger partial charge in [0.05, 0.1) is 18.1 Å². The minimum absolute atomic E-state index is 0.0544. The maximum atomic E-state index is 11.2. The van der Waals surface area contributed by atoms with Crippen molar-refractivity contribution in [3.8, 4) is 0 Å². The van der Waals surface area contributed by atoms with E-state index in [9.17, 15) is 10.1 Å². The van der Waals surface area contributed by atoms with Crippen LogP contribution in [0.1, 0.15) is 12.5 Å². The average molecular weight is 269 g/mol. The van der Waals surface area contributed by atoms with Crippen LogP contribution < -0.4 is 10.6 Å². The largest absolute Gasteiger partial charge is 0.395 e. The van der Waals surface area contributed by atoms with Gasteiger partial charge in [0.2, 0.25) is 0 Å². The molecule has 0 aliphatic rings. The molecule has 0 saturated carbocycles. The molecule has 1 rings (SSSR count). The molecule has 0 heterocycles. The van der Waals surface area contributed by atoms with Crippen LogP contribution in [0.25, 0.3) is 0 Å². The van der Waals surface area contributed by atoms with Gasteiger partial charge in [-0.25, -0.2) is 0 Å². The molecule has 0 aliphatic carbocycles. The SMILES string of the molecule is CCc1ccc(NCCO)c([N+](=O)[O-])c1NCCO. The number of nitrogens with zero attached hydrogens (tertiary/aromatic N) is 1. The summed E-state index contributed by atoms with van der Waals surface area (Å²) >= 11 is 0. The fourth-order valence-electron chi connectivity index (χ4n) is 1.83. The van der Waals surface area contributed by atoms with E-state index in [1.807, 2.05) is 6.92 Å². The summed E-state index contributed by atoms with van der Waals surface area (Å²) in [7, 11) is 0. The number of hydrogen-bond acceptors (Lipinski definition) is 6. The molecular weight excluding hydrogens is 250 g/mol. The number of rotatable bonds is 8. The number of anilines is 2. The minimum Gasteiger partial charge on any atom is -0.395 e. The van der Waals surface area contributed by atoms with Gasteiger partial charge in [0.25, 0.3) is 0 Å². The van der Waals surface area contributed by atoms with E-state index in [1.165, 1.54) is 0 Å². The minimum atomic E-state index is -0.460. The van der Waals surface area contributed by atoms with Crippen LogP contribution in [0.3, 0.4) is 0 Å². The molecule has 0 saturated heterocycles. The molecule has 0 atom stereocenters. The highest BCUT2D eigenvalue weighted by atomic mass is 16.6. The summed E-state index contributed by atoms with van der Waals surface area (Å²) in [5.41, 5.74) is 1.54. The predicted octanol–water partition coefficient (Wildman–Crippen LogP) is 0.966. The van der Waals surface area contributed by atoms with Gasteiger partial charge < -0.3 is 20.8 Å². The molecule has 0 spiro atoms. The molecular formula is C12H19N3O4. The zero-order valence-corrected chi connectivity index (χ0v) is 10.8. The van der Waals surface area contributed by atoms with E-state index in [1.54, 1.807) is 12.1 Å². The van der Waals surface area contributed by atoms with Crippen LogP contribution in [0, 0.1) is 10.1 Å².